The summed E-state index contributed by atoms with van der Waals surface area (Å²) in [6.07, 6.45) is -1.22. The van der Waals surface area contributed by atoms with Crippen LogP contribution >= 0.6 is 19.9 Å². The van der Waals surface area contributed by atoms with Crippen molar-refractivity contribution < 1.29 is 28.6 Å². The van der Waals surface area contributed by atoms with Gasteiger partial charge < -0.3 is 25.4 Å². The van der Waals surface area contributed by atoms with Crippen LogP contribution < -0.4 is 15.4 Å². The molecule has 10 heteroatoms. The summed E-state index contributed by atoms with van der Waals surface area (Å²) in [6, 6.07) is 9.85. The van der Waals surface area contributed by atoms with Gasteiger partial charge in [-0.25, -0.2) is 4.79 Å². The van der Waals surface area contributed by atoms with E-state index in [4.69, 9.17) is 25.8 Å². The largest absolute Gasteiger partial charge is 0.504 e. The molecule has 0 bridgehead atoms. The zero-order chi connectivity index (χ0) is 18.4. The van der Waals surface area contributed by atoms with E-state index >= 15 is 0 Å². The van der Waals surface area contributed by atoms with Crippen LogP contribution in [-0.4, -0.2) is 23.1 Å². The molecule has 2 aromatic rings. The molecule has 0 radical (unpaired) electrons. The smallest absolute Gasteiger partial charge is 0.321 e. The number of aromatic hydroxyl groups is 1. The van der Waals surface area contributed by atoms with Crippen LogP contribution in [0, 0.1) is 0 Å². The van der Waals surface area contributed by atoms with Gasteiger partial charge in [0.05, 0.1) is 7.11 Å². The van der Waals surface area contributed by atoms with Crippen LogP contribution in [-0.2, 0) is 9.09 Å². The van der Waals surface area contributed by atoms with Gasteiger partial charge in [0.2, 0.25) is 0 Å². The number of urea groups is 1. The molecule has 0 aromatic heterocycles. The number of halogens is 1. The molecule has 0 aliphatic heterocycles. The number of hydrogen-bond acceptors (Lipinski definition) is 5. The van der Waals surface area contributed by atoms with E-state index < -0.39 is 20.5 Å². The first-order chi connectivity index (χ1) is 11.9. The van der Waals surface area contributed by atoms with E-state index in [0.717, 1.165) is 0 Å². The Bertz CT molecular complexity index is 771. The van der Waals surface area contributed by atoms with Gasteiger partial charge in [-0.15, -0.1) is 0 Å². The van der Waals surface area contributed by atoms with E-state index in [1.807, 2.05) is 0 Å². The Morgan fingerprint density at radius 2 is 1.92 bits per heavy atom. The molecule has 0 saturated heterocycles. The molecule has 4 N–H and O–H groups in total. The first kappa shape index (κ1) is 19.1. The maximum Gasteiger partial charge on any atom is 0.321 e. The van der Waals surface area contributed by atoms with Crippen LogP contribution in [0.25, 0.3) is 0 Å². The fourth-order valence-electron chi connectivity index (χ4n) is 1.96. The molecule has 2 aromatic carbocycles. The Kier molecular flexibility index (Phi) is 6.66. The molecule has 25 heavy (non-hydrogen) atoms. The molecule has 8 nitrogen and oxygen atoms in total. The van der Waals surface area contributed by atoms with Crippen LogP contribution in [0.2, 0.25) is 5.02 Å². The molecule has 2 atom stereocenters. The molecule has 0 saturated carbocycles. The van der Waals surface area contributed by atoms with Crippen molar-refractivity contribution in [3.05, 3.63) is 53.1 Å². The lowest BCUT2D eigenvalue weighted by Crippen LogP contribution is -2.33. The van der Waals surface area contributed by atoms with E-state index in [2.05, 4.69) is 10.6 Å². The number of rotatable bonds is 6. The first-order valence-electron chi connectivity index (χ1n) is 6.98. The third-order valence-corrected chi connectivity index (χ3v) is 3.78. The molecule has 2 unspecified atom stereocenters. The minimum atomic E-state index is -3.35. The van der Waals surface area contributed by atoms with Gasteiger partial charge in [0.1, 0.15) is 0 Å². The summed E-state index contributed by atoms with van der Waals surface area (Å²) >= 11 is 5.77. The van der Waals surface area contributed by atoms with Gasteiger partial charge in [-0.05, 0) is 36.4 Å². The maximum atomic E-state index is 12.1. The molecule has 0 fully saturated rings. The summed E-state index contributed by atoms with van der Waals surface area (Å²) in [5.74, 6) is 0.0101. The second kappa shape index (κ2) is 8.73. The molecular formula is C15H16ClN2O6P. The van der Waals surface area contributed by atoms with Crippen LogP contribution in [0.1, 0.15) is 11.8 Å². The molecule has 2 rings (SSSR count). The van der Waals surface area contributed by atoms with Crippen molar-refractivity contribution in [2.24, 2.45) is 0 Å². The van der Waals surface area contributed by atoms with Gasteiger partial charge in [0, 0.05) is 16.3 Å². The fourth-order valence-corrected chi connectivity index (χ4v) is 2.48. The number of benzene rings is 2. The number of ether oxygens (including phenoxy) is 1. The predicted octanol–water partition coefficient (Wildman–Crippen LogP) is 3.27. The van der Waals surface area contributed by atoms with Gasteiger partial charge >= 0.3 is 14.3 Å². The van der Waals surface area contributed by atoms with Gasteiger partial charge in [-0.2, -0.15) is 0 Å². The van der Waals surface area contributed by atoms with Crippen molar-refractivity contribution in [2.45, 2.75) is 6.23 Å². The minimum absolute atomic E-state index is 0.118. The summed E-state index contributed by atoms with van der Waals surface area (Å²) in [5, 5.41) is 15.1. The van der Waals surface area contributed by atoms with Crippen molar-refractivity contribution in [1.82, 2.24) is 5.32 Å². The highest BCUT2D eigenvalue weighted by Crippen LogP contribution is 2.33. The Labute approximate surface area is 149 Å². The third-order valence-electron chi connectivity index (χ3n) is 3.09. The average molecular weight is 387 g/mol. The Morgan fingerprint density at radius 3 is 2.52 bits per heavy atom. The second-order valence-electron chi connectivity index (χ2n) is 4.80. The van der Waals surface area contributed by atoms with Crippen LogP contribution in [0.15, 0.2) is 42.5 Å². The van der Waals surface area contributed by atoms with Crippen molar-refractivity contribution in [2.75, 3.05) is 12.4 Å². The number of carbonyl (C=O) groups is 1. The normalized spacial score (nSPS) is 12.9. The number of methoxy groups -OCH3 is 1. The Hall–Kier alpha value is -2.25. The lowest BCUT2D eigenvalue weighted by atomic mass is 10.2. The van der Waals surface area contributed by atoms with Crippen molar-refractivity contribution >= 4 is 31.6 Å². The first-order valence-corrected chi connectivity index (χ1v) is 8.63. The van der Waals surface area contributed by atoms with Crippen molar-refractivity contribution in [1.29, 1.82) is 0 Å². The lowest BCUT2D eigenvalue weighted by molar-refractivity contribution is 0.161. The lowest BCUT2D eigenvalue weighted by Gasteiger charge is -2.19. The van der Waals surface area contributed by atoms with Crippen molar-refractivity contribution in [3.8, 4) is 11.5 Å². The molecule has 0 spiro atoms. The zero-order valence-corrected chi connectivity index (χ0v) is 14.8. The summed E-state index contributed by atoms with van der Waals surface area (Å²) in [5.41, 5.74) is 0.786. The zero-order valence-electron chi connectivity index (χ0n) is 13.0. The highest BCUT2D eigenvalue weighted by Gasteiger charge is 2.19. The van der Waals surface area contributed by atoms with Gasteiger partial charge in [0.15, 0.2) is 17.7 Å². The molecule has 0 aliphatic rings. The highest BCUT2D eigenvalue weighted by atomic mass is 35.5. The maximum absolute atomic E-state index is 12.1. The Morgan fingerprint density at radius 1 is 1.24 bits per heavy atom. The fraction of sp³-hybridized carbons (Fsp3) is 0.133. The number of anilines is 1. The Balaban J connectivity index is 2.15. The van der Waals surface area contributed by atoms with Gasteiger partial charge in [-0.3, -0.25) is 9.09 Å². The molecule has 0 aliphatic carbocycles. The van der Waals surface area contributed by atoms with Gasteiger partial charge in [-0.1, -0.05) is 17.7 Å². The average Bonchev–Trinajstić information content (AvgIpc) is 2.56. The molecule has 2 amide bonds. The van der Waals surface area contributed by atoms with Gasteiger partial charge in [0.25, 0.3) is 0 Å². The quantitative estimate of drug-likeness (QED) is 0.447. The van der Waals surface area contributed by atoms with Crippen molar-refractivity contribution in [3.63, 3.8) is 0 Å². The third kappa shape index (κ3) is 5.65. The molecule has 0 heterocycles. The van der Waals surface area contributed by atoms with Crippen LogP contribution in [0.5, 0.6) is 11.5 Å². The van der Waals surface area contributed by atoms with E-state index in [9.17, 15) is 14.5 Å². The topological polar surface area (TPSA) is 117 Å². The number of carbonyl (C=O) groups excluding carboxylic acids is 1. The van der Waals surface area contributed by atoms with Crippen LogP contribution in [0.4, 0.5) is 10.5 Å². The van der Waals surface area contributed by atoms with E-state index in [0.29, 0.717) is 16.3 Å². The van der Waals surface area contributed by atoms with E-state index in [-0.39, 0.29) is 11.5 Å². The molecule has 134 valence electrons. The summed E-state index contributed by atoms with van der Waals surface area (Å²) in [4.78, 5) is 21.2. The van der Waals surface area contributed by atoms with E-state index in [1.165, 1.54) is 25.3 Å². The number of nitrogens with one attached hydrogen (secondary N) is 2. The highest BCUT2D eigenvalue weighted by molar-refractivity contribution is 7.32. The van der Waals surface area contributed by atoms with Crippen LogP contribution in [0.3, 0.4) is 0 Å². The SMILES string of the molecule is COc1cc(C(NC(=O)Nc2ccc(Cl)cc2)O[PH](=O)O)ccc1O. The number of phenolic OH excluding ortho intramolecular Hbond substituents is 1. The summed E-state index contributed by atoms with van der Waals surface area (Å²) in [6.45, 7) is 0. The summed E-state index contributed by atoms with van der Waals surface area (Å²) < 4.78 is 20.9. The minimum Gasteiger partial charge on any atom is -0.504 e. The number of amides is 2. The summed E-state index contributed by atoms with van der Waals surface area (Å²) in [7, 11) is -1.99. The molecular weight excluding hydrogens is 371 g/mol. The standard InChI is InChI=1S/C15H16ClN2O6P/c1-23-13-8-9(2-7-12(13)19)14(24-25(21)22)18-15(20)17-11-5-3-10(16)4-6-11/h2-8,14,19,25H,1H3,(H,21,22)(H2,17,18,20). The second-order valence-corrected chi connectivity index (χ2v) is 6.00. The van der Waals surface area contributed by atoms with E-state index in [1.54, 1.807) is 24.3 Å². The number of hydrogen-bond donors (Lipinski definition) is 4. The predicted molar refractivity (Wildman–Crippen MR) is 93.3 cm³/mol. The number of phenols is 1. The monoisotopic (exact) mass is 386 g/mol.